The molecule has 0 aromatic rings. The summed E-state index contributed by atoms with van der Waals surface area (Å²) in [7, 11) is 0. The van der Waals surface area contributed by atoms with E-state index in [1.165, 1.54) is 25.7 Å². The van der Waals surface area contributed by atoms with Crippen LogP contribution in [0.3, 0.4) is 0 Å². The molecule has 2 N–H and O–H groups in total. The van der Waals surface area contributed by atoms with Crippen molar-refractivity contribution in [2.75, 3.05) is 26.3 Å². The van der Waals surface area contributed by atoms with Crippen LogP contribution >= 0.6 is 0 Å². The van der Waals surface area contributed by atoms with Gasteiger partial charge in [0.15, 0.2) is 0 Å². The van der Waals surface area contributed by atoms with Crippen molar-refractivity contribution in [3.05, 3.63) is 12.7 Å². The first-order valence-corrected chi connectivity index (χ1v) is 6.51. The molecular formula is C13H24N2O2. The van der Waals surface area contributed by atoms with Gasteiger partial charge in [-0.15, -0.1) is 6.58 Å². The van der Waals surface area contributed by atoms with Crippen LogP contribution in [0.2, 0.25) is 0 Å². The quantitative estimate of drug-likeness (QED) is 0.471. The van der Waals surface area contributed by atoms with Gasteiger partial charge in [0.25, 0.3) is 0 Å². The largest absolute Gasteiger partial charge is 0.379 e. The van der Waals surface area contributed by atoms with Gasteiger partial charge in [-0.3, -0.25) is 4.79 Å². The van der Waals surface area contributed by atoms with E-state index in [0.29, 0.717) is 32.3 Å². The first kappa shape index (κ1) is 14.2. The summed E-state index contributed by atoms with van der Waals surface area (Å²) in [6.07, 6.45) is 7.67. The number of rotatable bonds is 9. The Kier molecular flexibility index (Phi) is 7.67. The Bertz CT molecular complexity index is 225. The summed E-state index contributed by atoms with van der Waals surface area (Å²) in [6, 6.07) is 0.546. The Balaban J connectivity index is 1.88. The van der Waals surface area contributed by atoms with Gasteiger partial charge in [0.05, 0.1) is 19.8 Å². The van der Waals surface area contributed by atoms with Crippen molar-refractivity contribution in [1.29, 1.82) is 0 Å². The number of carbonyl (C=O) groups is 1. The zero-order valence-corrected chi connectivity index (χ0v) is 10.5. The maximum Gasteiger partial charge on any atom is 0.234 e. The molecule has 98 valence electrons. The number of ether oxygens (including phenoxy) is 1. The molecule has 0 aliphatic heterocycles. The molecule has 0 bridgehead atoms. The molecule has 0 aromatic heterocycles. The SMILES string of the molecule is C=CCCOCCNC(=O)CNC1CCCC1. The van der Waals surface area contributed by atoms with Crippen LogP contribution < -0.4 is 10.6 Å². The van der Waals surface area contributed by atoms with E-state index >= 15 is 0 Å². The minimum atomic E-state index is 0.0595. The van der Waals surface area contributed by atoms with E-state index in [1.54, 1.807) is 0 Å². The van der Waals surface area contributed by atoms with Gasteiger partial charge in [-0.25, -0.2) is 0 Å². The number of carbonyl (C=O) groups excluding carboxylic acids is 1. The molecule has 0 unspecified atom stereocenters. The molecule has 0 atom stereocenters. The van der Waals surface area contributed by atoms with Crippen LogP contribution in [-0.2, 0) is 9.53 Å². The van der Waals surface area contributed by atoms with Crippen LogP contribution in [0.15, 0.2) is 12.7 Å². The van der Waals surface area contributed by atoms with Crippen LogP contribution in [0, 0.1) is 0 Å². The van der Waals surface area contributed by atoms with Gasteiger partial charge in [-0.1, -0.05) is 18.9 Å². The molecule has 1 fully saturated rings. The highest BCUT2D eigenvalue weighted by Crippen LogP contribution is 2.17. The van der Waals surface area contributed by atoms with E-state index in [0.717, 1.165) is 6.42 Å². The first-order valence-electron chi connectivity index (χ1n) is 6.51. The van der Waals surface area contributed by atoms with Crippen molar-refractivity contribution in [3.63, 3.8) is 0 Å². The van der Waals surface area contributed by atoms with Crippen LogP contribution in [0.5, 0.6) is 0 Å². The van der Waals surface area contributed by atoms with Gasteiger partial charge in [-0.05, 0) is 19.3 Å². The molecule has 0 heterocycles. The van der Waals surface area contributed by atoms with Gasteiger partial charge in [-0.2, -0.15) is 0 Å². The second kappa shape index (κ2) is 9.19. The Morgan fingerprint density at radius 2 is 2.12 bits per heavy atom. The Morgan fingerprint density at radius 1 is 1.35 bits per heavy atom. The van der Waals surface area contributed by atoms with Gasteiger partial charge in [0.1, 0.15) is 0 Å². The van der Waals surface area contributed by atoms with E-state index in [-0.39, 0.29) is 5.91 Å². The van der Waals surface area contributed by atoms with E-state index in [4.69, 9.17) is 4.74 Å². The maximum atomic E-state index is 11.4. The second-order valence-electron chi connectivity index (χ2n) is 4.40. The maximum absolute atomic E-state index is 11.4. The van der Waals surface area contributed by atoms with E-state index in [2.05, 4.69) is 17.2 Å². The minimum absolute atomic E-state index is 0.0595. The molecule has 17 heavy (non-hydrogen) atoms. The molecule has 1 aliphatic rings. The topological polar surface area (TPSA) is 50.4 Å². The highest BCUT2D eigenvalue weighted by Gasteiger charge is 2.14. The summed E-state index contributed by atoms with van der Waals surface area (Å²) < 4.78 is 5.30. The van der Waals surface area contributed by atoms with E-state index in [9.17, 15) is 4.79 Å². The molecule has 4 nitrogen and oxygen atoms in total. The molecule has 1 aliphatic carbocycles. The fraction of sp³-hybridized carbons (Fsp3) is 0.769. The molecule has 1 saturated carbocycles. The third-order valence-corrected chi connectivity index (χ3v) is 2.94. The lowest BCUT2D eigenvalue weighted by molar-refractivity contribution is -0.120. The summed E-state index contributed by atoms with van der Waals surface area (Å²) in [5.74, 6) is 0.0595. The van der Waals surface area contributed by atoms with Crippen molar-refractivity contribution in [3.8, 4) is 0 Å². The number of amides is 1. The van der Waals surface area contributed by atoms with E-state index in [1.807, 2.05) is 6.08 Å². The van der Waals surface area contributed by atoms with Crippen LogP contribution in [-0.4, -0.2) is 38.3 Å². The summed E-state index contributed by atoms with van der Waals surface area (Å²) in [6.45, 7) is 5.88. The average molecular weight is 240 g/mol. The van der Waals surface area contributed by atoms with Crippen molar-refractivity contribution >= 4 is 5.91 Å². The normalized spacial score (nSPS) is 16.0. The van der Waals surface area contributed by atoms with Gasteiger partial charge < -0.3 is 15.4 Å². The Morgan fingerprint density at radius 3 is 2.82 bits per heavy atom. The molecule has 0 aromatic carbocycles. The fourth-order valence-corrected chi connectivity index (χ4v) is 1.96. The standard InChI is InChI=1S/C13H24N2O2/c1-2-3-9-17-10-8-14-13(16)11-15-12-6-4-5-7-12/h2,12,15H,1,3-11H2,(H,14,16). The molecule has 4 heteroatoms. The van der Waals surface area contributed by atoms with Gasteiger partial charge in [0.2, 0.25) is 5.91 Å². The fourth-order valence-electron chi connectivity index (χ4n) is 1.96. The highest BCUT2D eigenvalue weighted by molar-refractivity contribution is 5.77. The van der Waals surface area contributed by atoms with Crippen LogP contribution in [0.4, 0.5) is 0 Å². The summed E-state index contributed by atoms with van der Waals surface area (Å²) in [5.41, 5.74) is 0. The van der Waals surface area contributed by atoms with E-state index < -0.39 is 0 Å². The predicted molar refractivity (Wildman–Crippen MR) is 68.9 cm³/mol. The third kappa shape index (κ3) is 7.13. The lowest BCUT2D eigenvalue weighted by Gasteiger charge is -2.11. The first-order chi connectivity index (χ1) is 8.33. The third-order valence-electron chi connectivity index (χ3n) is 2.94. The summed E-state index contributed by atoms with van der Waals surface area (Å²) >= 11 is 0. The summed E-state index contributed by atoms with van der Waals surface area (Å²) in [5, 5.41) is 6.11. The lowest BCUT2D eigenvalue weighted by atomic mass is 10.2. The monoisotopic (exact) mass is 240 g/mol. The Labute approximate surface area is 104 Å². The minimum Gasteiger partial charge on any atom is -0.379 e. The van der Waals surface area contributed by atoms with Crippen molar-refractivity contribution in [2.45, 2.75) is 38.1 Å². The smallest absolute Gasteiger partial charge is 0.234 e. The van der Waals surface area contributed by atoms with Crippen LogP contribution in [0.1, 0.15) is 32.1 Å². The predicted octanol–water partition coefficient (Wildman–Crippen LogP) is 1.23. The van der Waals surface area contributed by atoms with Gasteiger partial charge in [0, 0.05) is 12.6 Å². The lowest BCUT2D eigenvalue weighted by Crippen LogP contribution is -2.39. The number of nitrogens with one attached hydrogen (secondary N) is 2. The molecule has 0 radical (unpaired) electrons. The number of hydrogen-bond donors (Lipinski definition) is 2. The highest BCUT2D eigenvalue weighted by atomic mass is 16.5. The second-order valence-corrected chi connectivity index (χ2v) is 4.40. The molecule has 1 rings (SSSR count). The molecule has 1 amide bonds. The zero-order chi connectivity index (χ0) is 12.3. The van der Waals surface area contributed by atoms with Crippen molar-refractivity contribution in [2.24, 2.45) is 0 Å². The van der Waals surface area contributed by atoms with Crippen LogP contribution in [0.25, 0.3) is 0 Å². The van der Waals surface area contributed by atoms with Crippen molar-refractivity contribution in [1.82, 2.24) is 10.6 Å². The van der Waals surface area contributed by atoms with Gasteiger partial charge >= 0.3 is 0 Å². The zero-order valence-electron chi connectivity index (χ0n) is 10.5. The Hall–Kier alpha value is -0.870. The number of hydrogen-bond acceptors (Lipinski definition) is 3. The summed E-state index contributed by atoms with van der Waals surface area (Å²) in [4.78, 5) is 11.4. The molecule has 0 spiro atoms. The molecular weight excluding hydrogens is 216 g/mol. The molecule has 0 saturated heterocycles. The average Bonchev–Trinajstić information content (AvgIpc) is 2.84. The van der Waals surface area contributed by atoms with Crippen molar-refractivity contribution < 1.29 is 9.53 Å².